The molecule has 2 atom stereocenters. The van der Waals surface area contributed by atoms with Gasteiger partial charge < -0.3 is 15.5 Å². The number of amides is 1. The minimum absolute atomic E-state index is 0.195. The molecule has 2 aliphatic rings. The van der Waals surface area contributed by atoms with E-state index in [-0.39, 0.29) is 12.5 Å². The number of carboxylic acids is 1. The molecule has 0 radical (unpaired) electrons. The topological polar surface area (TPSA) is 86.6 Å². The molecule has 120 valence electrons. The zero-order valence-electron chi connectivity index (χ0n) is 12.6. The van der Waals surface area contributed by atoms with Gasteiger partial charge in [0, 0.05) is 6.54 Å². The zero-order chi connectivity index (χ0) is 15.3. The number of carbonyl (C=O) groups is 2. The summed E-state index contributed by atoms with van der Waals surface area (Å²) < 4.78 is 0. The molecule has 0 saturated heterocycles. The molecule has 0 aliphatic heterocycles. The van der Waals surface area contributed by atoms with E-state index in [1.807, 2.05) is 0 Å². The molecule has 5 heteroatoms. The highest BCUT2D eigenvalue weighted by molar-refractivity contribution is 5.84. The van der Waals surface area contributed by atoms with Gasteiger partial charge in [0.25, 0.3) is 0 Å². The predicted octanol–water partition coefficient (Wildman–Crippen LogP) is 2.08. The van der Waals surface area contributed by atoms with Crippen LogP contribution in [0, 0.1) is 11.8 Å². The van der Waals surface area contributed by atoms with Crippen molar-refractivity contribution in [3.8, 4) is 0 Å². The number of hydrogen-bond acceptors (Lipinski definition) is 3. The standard InChI is InChI=1S/C16H27NO4/c18-14(12-7-3-4-8-13(12)15(19)20)17-11-16(21)9-5-1-2-6-10-16/h12-13,21H,1-11H2,(H,17,18)(H,19,20). The van der Waals surface area contributed by atoms with Gasteiger partial charge in [0.2, 0.25) is 5.91 Å². The molecule has 0 heterocycles. The Balaban J connectivity index is 1.89. The summed E-state index contributed by atoms with van der Waals surface area (Å²) in [6.45, 7) is 0.259. The monoisotopic (exact) mass is 297 g/mol. The maximum atomic E-state index is 12.3. The molecule has 5 nitrogen and oxygen atoms in total. The van der Waals surface area contributed by atoms with Crippen molar-refractivity contribution >= 4 is 11.9 Å². The highest BCUT2D eigenvalue weighted by atomic mass is 16.4. The SMILES string of the molecule is O=C(O)C1CCCCC1C(=O)NCC1(O)CCCCCC1. The van der Waals surface area contributed by atoms with Crippen molar-refractivity contribution < 1.29 is 19.8 Å². The molecule has 2 fully saturated rings. The number of hydrogen-bond donors (Lipinski definition) is 3. The molecule has 2 unspecified atom stereocenters. The Hall–Kier alpha value is -1.10. The van der Waals surface area contributed by atoms with E-state index in [0.717, 1.165) is 51.4 Å². The van der Waals surface area contributed by atoms with Crippen LogP contribution < -0.4 is 5.32 Å². The second-order valence-electron chi connectivity index (χ2n) is 6.69. The first kappa shape index (κ1) is 16.3. The molecule has 2 rings (SSSR count). The maximum Gasteiger partial charge on any atom is 0.307 e. The first-order valence-electron chi connectivity index (χ1n) is 8.25. The van der Waals surface area contributed by atoms with Gasteiger partial charge in [0.05, 0.1) is 17.4 Å². The van der Waals surface area contributed by atoms with Crippen molar-refractivity contribution in [3.05, 3.63) is 0 Å². The van der Waals surface area contributed by atoms with Gasteiger partial charge in [-0.25, -0.2) is 0 Å². The number of nitrogens with one attached hydrogen (secondary N) is 1. The van der Waals surface area contributed by atoms with Crippen LogP contribution in [0.4, 0.5) is 0 Å². The van der Waals surface area contributed by atoms with Crippen molar-refractivity contribution in [1.82, 2.24) is 5.32 Å². The van der Waals surface area contributed by atoms with Crippen LogP contribution in [0.25, 0.3) is 0 Å². The van der Waals surface area contributed by atoms with Crippen molar-refractivity contribution in [3.63, 3.8) is 0 Å². The van der Waals surface area contributed by atoms with Crippen LogP contribution in [-0.2, 0) is 9.59 Å². The van der Waals surface area contributed by atoms with Crippen LogP contribution in [0.3, 0.4) is 0 Å². The number of carboxylic acid groups (broad SMARTS) is 1. The minimum Gasteiger partial charge on any atom is -0.481 e. The molecule has 0 aromatic carbocycles. The molecule has 3 N–H and O–H groups in total. The smallest absolute Gasteiger partial charge is 0.307 e. The Labute approximate surface area is 126 Å². The summed E-state index contributed by atoms with van der Waals surface area (Å²) in [6, 6.07) is 0. The summed E-state index contributed by atoms with van der Waals surface area (Å²) in [5.74, 6) is -2.07. The Morgan fingerprint density at radius 3 is 2.10 bits per heavy atom. The quantitative estimate of drug-likeness (QED) is 0.693. The lowest BCUT2D eigenvalue weighted by Crippen LogP contribution is -2.47. The molecular weight excluding hydrogens is 270 g/mol. The van der Waals surface area contributed by atoms with Gasteiger partial charge >= 0.3 is 5.97 Å². The lowest BCUT2D eigenvalue weighted by atomic mass is 9.78. The Bertz CT molecular complexity index is 374. The van der Waals surface area contributed by atoms with Gasteiger partial charge in [-0.2, -0.15) is 0 Å². The van der Waals surface area contributed by atoms with Crippen LogP contribution in [-0.4, -0.2) is 34.2 Å². The fraction of sp³-hybridized carbons (Fsp3) is 0.875. The maximum absolute atomic E-state index is 12.3. The summed E-state index contributed by atoms with van der Waals surface area (Å²) in [6.07, 6.45) is 8.72. The fourth-order valence-electron chi connectivity index (χ4n) is 3.69. The Morgan fingerprint density at radius 2 is 1.52 bits per heavy atom. The Morgan fingerprint density at radius 1 is 0.952 bits per heavy atom. The summed E-state index contributed by atoms with van der Waals surface area (Å²) in [5, 5.41) is 22.6. The van der Waals surface area contributed by atoms with Gasteiger partial charge in [0.1, 0.15) is 0 Å². The molecule has 0 aromatic heterocycles. The lowest BCUT2D eigenvalue weighted by Gasteiger charge is -2.31. The molecular formula is C16H27NO4. The molecule has 21 heavy (non-hydrogen) atoms. The van der Waals surface area contributed by atoms with E-state index in [0.29, 0.717) is 12.8 Å². The number of rotatable bonds is 4. The van der Waals surface area contributed by atoms with Crippen LogP contribution in [0.2, 0.25) is 0 Å². The van der Waals surface area contributed by atoms with E-state index >= 15 is 0 Å². The summed E-state index contributed by atoms with van der Waals surface area (Å²) in [4.78, 5) is 23.6. The van der Waals surface area contributed by atoms with Gasteiger partial charge in [-0.05, 0) is 25.7 Å². The fourth-order valence-corrected chi connectivity index (χ4v) is 3.69. The minimum atomic E-state index is -0.872. The highest BCUT2D eigenvalue weighted by Crippen LogP contribution is 2.31. The normalized spacial score (nSPS) is 29.4. The van der Waals surface area contributed by atoms with E-state index in [2.05, 4.69) is 5.32 Å². The third kappa shape index (κ3) is 4.43. The van der Waals surface area contributed by atoms with Gasteiger partial charge in [0.15, 0.2) is 0 Å². The van der Waals surface area contributed by atoms with Crippen LogP contribution in [0.15, 0.2) is 0 Å². The number of aliphatic carboxylic acids is 1. The summed E-state index contributed by atoms with van der Waals surface area (Å²) in [7, 11) is 0. The molecule has 2 saturated carbocycles. The molecule has 2 aliphatic carbocycles. The number of carbonyl (C=O) groups excluding carboxylic acids is 1. The third-order valence-electron chi connectivity index (χ3n) is 5.05. The first-order valence-corrected chi connectivity index (χ1v) is 8.25. The summed E-state index contributed by atoms with van der Waals surface area (Å²) >= 11 is 0. The molecule has 0 bridgehead atoms. The Kier molecular flexibility index (Phi) is 5.62. The third-order valence-corrected chi connectivity index (χ3v) is 5.05. The number of aliphatic hydroxyl groups is 1. The predicted molar refractivity (Wildman–Crippen MR) is 78.7 cm³/mol. The highest BCUT2D eigenvalue weighted by Gasteiger charge is 2.37. The molecule has 1 amide bonds. The lowest BCUT2D eigenvalue weighted by molar-refractivity contribution is -0.149. The van der Waals surface area contributed by atoms with Gasteiger partial charge in [-0.1, -0.05) is 38.5 Å². The van der Waals surface area contributed by atoms with E-state index in [4.69, 9.17) is 0 Å². The van der Waals surface area contributed by atoms with Crippen molar-refractivity contribution in [1.29, 1.82) is 0 Å². The second kappa shape index (κ2) is 7.25. The summed E-state index contributed by atoms with van der Waals surface area (Å²) in [5.41, 5.74) is -0.806. The molecule has 0 spiro atoms. The van der Waals surface area contributed by atoms with Crippen molar-refractivity contribution in [2.24, 2.45) is 11.8 Å². The van der Waals surface area contributed by atoms with Crippen molar-refractivity contribution in [2.75, 3.05) is 6.54 Å². The van der Waals surface area contributed by atoms with Crippen molar-refractivity contribution in [2.45, 2.75) is 69.8 Å². The van der Waals surface area contributed by atoms with E-state index < -0.39 is 23.4 Å². The zero-order valence-corrected chi connectivity index (χ0v) is 12.6. The van der Waals surface area contributed by atoms with Crippen LogP contribution in [0.1, 0.15) is 64.2 Å². The van der Waals surface area contributed by atoms with Gasteiger partial charge in [-0.3, -0.25) is 9.59 Å². The average Bonchev–Trinajstić information content (AvgIpc) is 2.70. The van der Waals surface area contributed by atoms with E-state index in [1.54, 1.807) is 0 Å². The van der Waals surface area contributed by atoms with Crippen LogP contribution >= 0.6 is 0 Å². The first-order chi connectivity index (χ1) is 10.0. The van der Waals surface area contributed by atoms with E-state index in [9.17, 15) is 19.8 Å². The average molecular weight is 297 g/mol. The van der Waals surface area contributed by atoms with E-state index in [1.165, 1.54) is 0 Å². The molecule has 0 aromatic rings. The van der Waals surface area contributed by atoms with Gasteiger partial charge in [-0.15, -0.1) is 0 Å². The second-order valence-corrected chi connectivity index (χ2v) is 6.69. The largest absolute Gasteiger partial charge is 0.481 e. The van der Waals surface area contributed by atoms with Crippen LogP contribution in [0.5, 0.6) is 0 Å².